The fourth-order valence-corrected chi connectivity index (χ4v) is 1.86. The van der Waals surface area contributed by atoms with Crippen LogP contribution < -0.4 is 10.2 Å². The zero-order chi connectivity index (χ0) is 15.1. The summed E-state index contributed by atoms with van der Waals surface area (Å²) >= 11 is 3.17. The van der Waals surface area contributed by atoms with Gasteiger partial charge >= 0.3 is 5.97 Å². The standard InChI is InChI=1S/C12H16BrN3O4/c1-16(7-10(17)14-3-4-20-2)11-9(12(18)19)5-8(13)6-15-11/h5-6H,3-4,7H2,1-2H3,(H,14,17)(H,18,19). The van der Waals surface area contributed by atoms with Gasteiger partial charge in [0.15, 0.2) is 0 Å². The molecular weight excluding hydrogens is 330 g/mol. The van der Waals surface area contributed by atoms with Crippen molar-refractivity contribution in [2.45, 2.75) is 0 Å². The Bertz CT molecular complexity index is 496. The van der Waals surface area contributed by atoms with Gasteiger partial charge in [0.2, 0.25) is 5.91 Å². The lowest BCUT2D eigenvalue weighted by Crippen LogP contribution is -2.37. The first kappa shape index (κ1) is 16.4. The van der Waals surface area contributed by atoms with E-state index in [0.717, 1.165) is 0 Å². The van der Waals surface area contributed by atoms with E-state index in [4.69, 9.17) is 9.84 Å². The van der Waals surface area contributed by atoms with Crippen molar-refractivity contribution in [3.05, 3.63) is 22.3 Å². The molecule has 1 heterocycles. The number of nitrogens with one attached hydrogen (secondary N) is 1. The smallest absolute Gasteiger partial charge is 0.339 e. The van der Waals surface area contributed by atoms with Gasteiger partial charge in [0.05, 0.1) is 13.2 Å². The van der Waals surface area contributed by atoms with E-state index in [2.05, 4.69) is 26.2 Å². The first-order chi connectivity index (χ1) is 9.45. The first-order valence-electron chi connectivity index (χ1n) is 5.81. The number of carboxylic acid groups (broad SMARTS) is 1. The molecule has 0 fully saturated rings. The molecule has 7 nitrogen and oxygen atoms in total. The van der Waals surface area contributed by atoms with Gasteiger partial charge < -0.3 is 20.1 Å². The molecule has 0 aromatic carbocycles. The molecule has 0 atom stereocenters. The van der Waals surface area contributed by atoms with Gasteiger partial charge in [-0.05, 0) is 22.0 Å². The minimum Gasteiger partial charge on any atom is -0.478 e. The van der Waals surface area contributed by atoms with Gasteiger partial charge in [-0.25, -0.2) is 9.78 Å². The molecule has 0 aliphatic rings. The zero-order valence-corrected chi connectivity index (χ0v) is 12.8. The van der Waals surface area contributed by atoms with Crippen LogP contribution in [0.15, 0.2) is 16.7 Å². The number of rotatable bonds is 7. The largest absolute Gasteiger partial charge is 0.478 e. The Balaban J connectivity index is 2.74. The minimum absolute atomic E-state index is 0.0125. The Kier molecular flexibility index (Phi) is 6.40. The number of carboxylic acids is 1. The number of anilines is 1. The molecule has 0 bridgehead atoms. The van der Waals surface area contributed by atoms with E-state index in [1.54, 1.807) is 14.2 Å². The molecule has 8 heteroatoms. The highest BCUT2D eigenvalue weighted by molar-refractivity contribution is 9.10. The van der Waals surface area contributed by atoms with Gasteiger partial charge in [-0.15, -0.1) is 0 Å². The van der Waals surface area contributed by atoms with Crippen molar-refractivity contribution in [2.24, 2.45) is 0 Å². The molecule has 0 saturated carbocycles. The third kappa shape index (κ3) is 4.78. The lowest BCUT2D eigenvalue weighted by Gasteiger charge is -2.19. The van der Waals surface area contributed by atoms with Crippen LogP contribution in [0.2, 0.25) is 0 Å². The highest BCUT2D eigenvalue weighted by Crippen LogP contribution is 2.20. The SMILES string of the molecule is COCCNC(=O)CN(C)c1ncc(Br)cc1C(=O)O. The van der Waals surface area contributed by atoms with Crippen LogP contribution in [0, 0.1) is 0 Å². The molecule has 0 aliphatic carbocycles. The van der Waals surface area contributed by atoms with Crippen LogP contribution >= 0.6 is 15.9 Å². The highest BCUT2D eigenvalue weighted by Gasteiger charge is 2.17. The highest BCUT2D eigenvalue weighted by atomic mass is 79.9. The Hall–Kier alpha value is -1.67. The number of pyridine rings is 1. The van der Waals surface area contributed by atoms with Crippen molar-refractivity contribution in [1.82, 2.24) is 10.3 Å². The number of likely N-dealkylation sites (N-methyl/N-ethyl adjacent to an activating group) is 1. The third-order valence-corrected chi connectivity index (χ3v) is 2.87. The van der Waals surface area contributed by atoms with Crippen LogP contribution in [0.3, 0.4) is 0 Å². The van der Waals surface area contributed by atoms with E-state index in [1.807, 2.05) is 0 Å². The number of hydrogen-bond donors (Lipinski definition) is 2. The lowest BCUT2D eigenvalue weighted by molar-refractivity contribution is -0.119. The first-order valence-corrected chi connectivity index (χ1v) is 6.60. The molecule has 20 heavy (non-hydrogen) atoms. The average molecular weight is 346 g/mol. The predicted molar refractivity (Wildman–Crippen MR) is 77.1 cm³/mol. The van der Waals surface area contributed by atoms with Crippen LogP contribution in [0.4, 0.5) is 5.82 Å². The lowest BCUT2D eigenvalue weighted by atomic mass is 10.2. The monoisotopic (exact) mass is 345 g/mol. The van der Waals surface area contributed by atoms with Crippen molar-refractivity contribution in [3.63, 3.8) is 0 Å². The number of methoxy groups -OCH3 is 1. The van der Waals surface area contributed by atoms with E-state index in [0.29, 0.717) is 17.6 Å². The predicted octanol–water partition coefficient (Wildman–Crippen LogP) is 0.741. The van der Waals surface area contributed by atoms with Crippen LogP contribution in [0.1, 0.15) is 10.4 Å². The van der Waals surface area contributed by atoms with E-state index in [-0.39, 0.29) is 23.8 Å². The van der Waals surface area contributed by atoms with E-state index < -0.39 is 5.97 Å². The fraction of sp³-hybridized carbons (Fsp3) is 0.417. The molecule has 0 radical (unpaired) electrons. The summed E-state index contributed by atoms with van der Waals surface area (Å²) in [6, 6.07) is 1.45. The molecule has 2 N–H and O–H groups in total. The second-order valence-corrected chi connectivity index (χ2v) is 4.94. The van der Waals surface area contributed by atoms with Crippen molar-refractivity contribution < 1.29 is 19.4 Å². The maximum Gasteiger partial charge on any atom is 0.339 e. The molecule has 0 aliphatic heterocycles. The molecule has 0 unspecified atom stereocenters. The van der Waals surface area contributed by atoms with Crippen molar-refractivity contribution in [3.8, 4) is 0 Å². The van der Waals surface area contributed by atoms with Gasteiger partial charge in [-0.2, -0.15) is 0 Å². The summed E-state index contributed by atoms with van der Waals surface area (Å²) in [4.78, 5) is 28.4. The summed E-state index contributed by atoms with van der Waals surface area (Å²) in [5.74, 6) is -1.09. The third-order valence-electron chi connectivity index (χ3n) is 2.43. The molecule has 1 amide bonds. The summed E-state index contributed by atoms with van der Waals surface area (Å²) < 4.78 is 5.39. The maximum absolute atomic E-state index is 11.7. The van der Waals surface area contributed by atoms with Crippen molar-refractivity contribution in [2.75, 3.05) is 38.8 Å². The van der Waals surface area contributed by atoms with Crippen LogP contribution in [0.25, 0.3) is 0 Å². The quantitative estimate of drug-likeness (QED) is 0.708. The van der Waals surface area contributed by atoms with Crippen LogP contribution in [-0.4, -0.2) is 55.8 Å². The number of hydrogen-bond acceptors (Lipinski definition) is 5. The van der Waals surface area contributed by atoms with Crippen LogP contribution in [-0.2, 0) is 9.53 Å². The van der Waals surface area contributed by atoms with Crippen molar-refractivity contribution >= 4 is 33.6 Å². The fourth-order valence-electron chi connectivity index (χ4n) is 1.53. The number of aromatic nitrogens is 1. The molecule has 0 spiro atoms. The van der Waals surface area contributed by atoms with E-state index in [9.17, 15) is 9.59 Å². The molecule has 1 rings (SSSR count). The van der Waals surface area contributed by atoms with Gasteiger partial charge in [-0.3, -0.25) is 4.79 Å². The molecular formula is C12H16BrN3O4. The number of nitrogens with zero attached hydrogens (tertiary/aromatic N) is 2. The minimum atomic E-state index is -1.10. The summed E-state index contributed by atoms with van der Waals surface area (Å²) in [6.45, 7) is 0.841. The zero-order valence-electron chi connectivity index (χ0n) is 11.2. The number of carbonyl (C=O) groups is 2. The maximum atomic E-state index is 11.7. The summed E-state index contributed by atoms with van der Waals surface area (Å²) in [5.41, 5.74) is 0.0339. The topological polar surface area (TPSA) is 91.8 Å². The van der Waals surface area contributed by atoms with Gasteiger partial charge in [-0.1, -0.05) is 0 Å². The summed E-state index contributed by atoms with van der Waals surface area (Å²) in [5, 5.41) is 11.8. The molecule has 1 aromatic heterocycles. The van der Waals surface area contributed by atoms with Gasteiger partial charge in [0.25, 0.3) is 0 Å². The molecule has 1 aromatic rings. The second kappa shape index (κ2) is 7.81. The van der Waals surface area contributed by atoms with E-state index >= 15 is 0 Å². The number of halogens is 1. The number of aromatic carboxylic acids is 1. The molecule has 0 saturated heterocycles. The number of ether oxygens (including phenoxy) is 1. The normalized spacial score (nSPS) is 10.2. The average Bonchev–Trinajstić information content (AvgIpc) is 2.38. The summed E-state index contributed by atoms with van der Waals surface area (Å²) in [6.07, 6.45) is 1.49. The van der Waals surface area contributed by atoms with Crippen molar-refractivity contribution in [1.29, 1.82) is 0 Å². The number of amides is 1. The Morgan fingerprint density at radius 1 is 1.55 bits per heavy atom. The Morgan fingerprint density at radius 2 is 2.25 bits per heavy atom. The Morgan fingerprint density at radius 3 is 2.85 bits per heavy atom. The van der Waals surface area contributed by atoms with E-state index in [1.165, 1.54) is 17.2 Å². The summed E-state index contributed by atoms with van der Waals surface area (Å²) in [7, 11) is 3.15. The van der Waals surface area contributed by atoms with Gasteiger partial charge in [0, 0.05) is 31.4 Å². The number of carbonyl (C=O) groups excluding carboxylic acids is 1. The second-order valence-electron chi connectivity index (χ2n) is 4.03. The van der Waals surface area contributed by atoms with Crippen LogP contribution in [0.5, 0.6) is 0 Å². The Labute approximate surface area is 125 Å². The molecule has 110 valence electrons. The van der Waals surface area contributed by atoms with Gasteiger partial charge in [0.1, 0.15) is 11.4 Å².